The maximum absolute atomic E-state index is 13.2. The van der Waals surface area contributed by atoms with Gasteiger partial charge in [0.1, 0.15) is 6.10 Å². The van der Waals surface area contributed by atoms with Gasteiger partial charge >= 0.3 is 5.97 Å². The molecule has 0 bridgehead atoms. The Hall–Kier alpha value is -1.92. The molecule has 6 nitrogen and oxygen atoms in total. The standard InChI is InChI=1S/C57H107NO5/c1-4-7-10-13-16-19-22-24-26-28-29-31-34-36-39-42-45-48-53(63-57(62)50-47-44-41-38-35-32-30-27-25-23-20-17-14-11-8-5-2)51-56(61)58-54(52-59)55(60)49-46-43-40-37-33-21-18-15-12-9-6-3/h16,19,24,26,29,31,53-55,59-60H,4-15,17-18,20-23,25,27-28,30,32-52H2,1-3H3,(H,58,61)/b19-16-,26-24-,31-29-. The molecule has 0 radical (unpaired) electrons. The van der Waals surface area contributed by atoms with Crippen molar-refractivity contribution in [3.8, 4) is 0 Å². The molecular formula is C57H107NO5. The van der Waals surface area contributed by atoms with Gasteiger partial charge in [0.25, 0.3) is 0 Å². The Morgan fingerprint density at radius 2 is 0.810 bits per heavy atom. The molecule has 0 rings (SSSR count). The molecule has 1 amide bonds. The topological polar surface area (TPSA) is 95.9 Å². The van der Waals surface area contributed by atoms with Crippen LogP contribution in [0.4, 0.5) is 0 Å². The second kappa shape index (κ2) is 51.1. The third-order valence-corrected chi connectivity index (χ3v) is 12.7. The molecule has 0 aliphatic carbocycles. The van der Waals surface area contributed by atoms with E-state index in [-0.39, 0.29) is 24.9 Å². The summed E-state index contributed by atoms with van der Waals surface area (Å²) in [6.07, 6.45) is 60.6. The minimum Gasteiger partial charge on any atom is -0.462 e. The van der Waals surface area contributed by atoms with E-state index in [2.05, 4.69) is 62.5 Å². The van der Waals surface area contributed by atoms with Crippen LogP contribution in [0, 0.1) is 0 Å². The summed E-state index contributed by atoms with van der Waals surface area (Å²) in [5.74, 6) is -0.481. The number of unbranched alkanes of at least 4 members (excludes halogenated alkanes) is 32. The fourth-order valence-electron chi connectivity index (χ4n) is 8.50. The fourth-order valence-corrected chi connectivity index (χ4v) is 8.50. The Kier molecular flexibility index (Phi) is 49.5. The monoisotopic (exact) mass is 886 g/mol. The first-order chi connectivity index (χ1) is 31.0. The van der Waals surface area contributed by atoms with Gasteiger partial charge in [-0.15, -0.1) is 0 Å². The zero-order chi connectivity index (χ0) is 45.9. The summed E-state index contributed by atoms with van der Waals surface area (Å²) in [5, 5.41) is 23.8. The average molecular weight is 886 g/mol. The maximum atomic E-state index is 13.2. The van der Waals surface area contributed by atoms with Crippen LogP contribution in [-0.4, -0.2) is 46.9 Å². The van der Waals surface area contributed by atoms with Gasteiger partial charge in [-0.3, -0.25) is 9.59 Å². The number of hydrogen-bond acceptors (Lipinski definition) is 5. The molecule has 0 saturated heterocycles. The minimum atomic E-state index is -0.791. The molecule has 0 aliphatic rings. The minimum absolute atomic E-state index is 0.0667. The molecule has 0 fully saturated rings. The number of rotatable bonds is 50. The van der Waals surface area contributed by atoms with Crippen LogP contribution < -0.4 is 5.32 Å². The molecule has 0 aliphatic heterocycles. The highest BCUT2D eigenvalue weighted by Crippen LogP contribution is 2.18. The third kappa shape index (κ3) is 46.4. The predicted octanol–water partition coefficient (Wildman–Crippen LogP) is 16.8. The molecule has 0 heterocycles. The number of allylic oxidation sites excluding steroid dienone is 6. The molecule has 6 heteroatoms. The quantitative estimate of drug-likeness (QED) is 0.0321. The number of aliphatic hydroxyl groups is 2. The van der Waals surface area contributed by atoms with Gasteiger partial charge in [-0.1, -0.05) is 250 Å². The Bertz CT molecular complexity index is 1040. The van der Waals surface area contributed by atoms with Crippen molar-refractivity contribution in [1.82, 2.24) is 5.32 Å². The van der Waals surface area contributed by atoms with Gasteiger partial charge in [0, 0.05) is 6.42 Å². The summed E-state index contributed by atoms with van der Waals surface area (Å²) < 4.78 is 5.95. The third-order valence-electron chi connectivity index (χ3n) is 12.7. The molecule has 370 valence electrons. The second-order valence-corrected chi connectivity index (χ2v) is 19.0. The fraction of sp³-hybridized carbons (Fsp3) is 0.860. The van der Waals surface area contributed by atoms with Gasteiger partial charge in [0.05, 0.1) is 25.2 Å². The van der Waals surface area contributed by atoms with E-state index in [1.165, 1.54) is 161 Å². The zero-order valence-corrected chi connectivity index (χ0v) is 42.2. The van der Waals surface area contributed by atoms with E-state index in [9.17, 15) is 19.8 Å². The van der Waals surface area contributed by atoms with Crippen LogP contribution in [0.3, 0.4) is 0 Å². The second-order valence-electron chi connectivity index (χ2n) is 19.0. The first-order valence-corrected chi connectivity index (χ1v) is 27.7. The number of hydrogen-bond donors (Lipinski definition) is 3. The summed E-state index contributed by atoms with van der Waals surface area (Å²) in [6.45, 7) is 6.47. The van der Waals surface area contributed by atoms with Crippen molar-refractivity contribution in [3.63, 3.8) is 0 Å². The summed E-state index contributed by atoms with van der Waals surface area (Å²) in [7, 11) is 0. The van der Waals surface area contributed by atoms with Crippen molar-refractivity contribution < 1.29 is 24.5 Å². The van der Waals surface area contributed by atoms with Crippen molar-refractivity contribution in [2.75, 3.05) is 6.61 Å². The van der Waals surface area contributed by atoms with E-state index < -0.39 is 18.2 Å². The molecule has 0 saturated carbocycles. The average Bonchev–Trinajstić information content (AvgIpc) is 3.28. The number of amides is 1. The summed E-state index contributed by atoms with van der Waals surface area (Å²) in [6, 6.07) is -0.706. The SMILES string of the molecule is CCCCC/C=C\C/C=C\C/C=C\CCCCCCC(CC(=O)NC(CO)C(O)CCCCCCCCCCCCC)OC(=O)CCCCCCCCCCCCCCCCCC. The number of ether oxygens (including phenoxy) is 1. The smallest absolute Gasteiger partial charge is 0.306 e. The molecule has 3 atom stereocenters. The van der Waals surface area contributed by atoms with Gasteiger partial charge < -0.3 is 20.3 Å². The van der Waals surface area contributed by atoms with Gasteiger partial charge in [-0.25, -0.2) is 0 Å². The Labute approximate surface area is 392 Å². The first kappa shape index (κ1) is 61.1. The van der Waals surface area contributed by atoms with Crippen LogP contribution in [-0.2, 0) is 14.3 Å². The summed E-state index contributed by atoms with van der Waals surface area (Å²) in [4.78, 5) is 26.2. The highest BCUT2D eigenvalue weighted by Gasteiger charge is 2.24. The summed E-state index contributed by atoms with van der Waals surface area (Å²) in [5.41, 5.74) is 0. The molecular weight excluding hydrogens is 779 g/mol. The Morgan fingerprint density at radius 1 is 0.460 bits per heavy atom. The van der Waals surface area contributed by atoms with Crippen molar-refractivity contribution in [2.24, 2.45) is 0 Å². The first-order valence-electron chi connectivity index (χ1n) is 27.7. The molecule has 0 aromatic rings. The van der Waals surface area contributed by atoms with E-state index in [1.807, 2.05) is 0 Å². The van der Waals surface area contributed by atoms with Crippen LogP contribution in [0.5, 0.6) is 0 Å². The van der Waals surface area contributed by atoms with E-state index in [4.69, 9.17) is 4.74 Å². The molecule has 0 aromatic carbocycles. The number of carbonyl (C=O) groups is 2. The van der Waals surface area contributed by atoms with Crippen molar-refractivity contribution in [3.05, 3.63) is 36.5 Å². The van der Waals surface area contributed by atoms with Crippen molar-refractivity contribution in [2.45, 2.75) is 309 Å². The van der Waals surface area contributed by atoms with Crippen LogP contribution >= 0.6 is 0 Å². The molecule has 0 aromatic heterocycles. The number of esters is 1. The Morgan fingerprint density at radius 3 is 1.25 bits per heavy atom. The lowest BCUT2D eigenvalue weighted by Gasteiger charge is -2.24. The Balaban J connectivity index is 4.59. The van der Waals surface area contributed by atoms with Crippen LogP contribution in [0.2, 0.25) is 0 Å². The van der Waals surface area contributed by atoms with Crippen LogP contribution in [0.1, 0.15) is 290 Å². The molecule has 0 spiro atoms. The van der Waals surface area contributed by atoms with Crippen molar-refractivity contribution in [1.29, 1.82) is 0 Å². The van der Waals surface area contributed by atoms with E-state index in [0.29, 0.717) is 19.3 Å². The van der Waals surface area contributed by atoms with E-state index in [0.717, 1.165) is 83.5 Å². The van der Waals surface area contributed by atoms with E-state index in [1.54, 1.807) is 0 Å². The van der Waals surface area contributed by atoms with Crippen LogP contribution in [0.25, 0.3) is 0 Å². The highest BCUT2D eigenvalue weighted by atomic mass is 16.5. The van der Waals surface area contributed by atoms with Crippen LogP contribution in [0.15, 0.2) is 36.5 Å². The molecule has 3 N–H and O–H groups in total. The van der Waals surface area contributed by atoms with Gasteiger partial charge in [0.15, 0.2) is 0 Å². The predicted molar refractivity (Wildman–Crippen MR) is 273 cm³/mol. The summed E-state index contributed by atoms with van der Waals surface area (Å²) >= 11 is 0. The molecule has 3 unspecified atom stereocenters. The largest absolute Gasteiger partial charge is 0.462 e. The lowest BCUT2D eigenvalue weighted by molar-refractivity contribution is -0.151. The van der Waals surface area contributed by atoms with Gasteiger partial charge in [-0.2, -0.15) is 0 Å². The lowest BCUT2D eigenvalue weighted by atomic mass is 10.0. The van der Waals surface area contributed by atoms with Gasteiger partial charge in [-0.05, 0) is 64.2 Å². The normalized spacial score (nSPS) is 13.4. The number of carbonyl (C=O) groups excluding carboxylic acids is 2. The number of aliphatic hydroxyl groups excluding tert-OH is 2. The molecule has 63 heavy (non-hydrogen) atoms. The zero-order valence-electron chi connectivity index (χ0n) is 42.2. The lowest BCUT2D eigenvalue weighted by Crippen LogP contribution is -2.46. The number of nitrogens with one attached hydrogen (secondary N) is 1. The van der Waals surface area contributed by atoms with E-state index >= 15 is 0 Å². The van der Waals surface area contributed by atoms with Crippen molar-refractivity contribution >= 4 is 11.9 Å². The maximum Gasteiger partial charge on any atom is 0.306 e. The highest BCUT2D eigenvalue weighted by molar-refractivity contribution is 5.77. The van der Waals surface area contributed by atoms with Gasteiger partial charge in [0.2, 0.25) is 5.91 Å².